The lowest BCUT2D eigenvalue weighted by Gasteiger charge is -2.29. The van der Waals surface area contributed by atoms with E-state index < -0.39 is 5.41 Å². The zero-order valence-corrected chi connectivity index (χ0v) is 16.8. The molecule has 0 aromatic carbocycles. The summed E-state index contributed by atoms with van der Waals surface area (Å²) in [6.45, 7) is 9.60. The fraction of sp³-hybridized carbons (Fsp3) is 0.867. The van der Waals surface area contributed by atoms with Gasteiger partial charge in [-0.15, -0.1) is 24.0 Å². The number of amides is 1. The molecule has 7 heteroatoms. The first-order valence-corrected chi connectivity index (χ1v) is 7.68. The van der Waals surface area contributed by atoms with Crippen LogP contribution in [0.2, 0.25) is 0 Å². The molecule has 0 aliphatic carbocycles. The number of hydrogen-bond acceptors (Lipinski definition) is 3. The van der Waals surface area contributed by atoms with Gasteiger partial charge in [0, 0.05) is 46.3 Å². The van der Waals surface area contributed by atoms with Crippen molar-refractivity contribution in [2.75, 3.05) is 46.9 Å². The van der Waals surface area contributed by atoms with Crippen molar-refractivity contribution in [3.8, 4) is 0 Å². The number of nitrogens with one attached hydrogen (secondary N) is 2. The zero-order chi connectivity index (χ0) is 15.9. The third-order valence-corrected chi connectivity index (χ3v) is 3.77. The summed E-state index contributed by atoms with van der Waals surface area (Å²) in [6, 6.07) is 0. The quantitative estimate of drug-likeness (QED) is 0.382. The van der Waals surface area contributed by atoms with E-state index >= 15 is 0 Å². The lowest BCUT2D eigenvalue weighted by atomic mass is 9.92. The topological polar surface area (TPSA) is 66.0 Å². The van der Waals surface area contributed by atoms with Crippen LogP contribution in [0.5, 0.6) is 0 Å². The van der Waals surface area contributed by atoms with Crippen LogP contribution in [-0.4, -0.2) is 63.7 Å². The van der Waals surface area contributed by atoms with Crippen LogP contribution in [-0.2, 0) is 9.53 Å². The van der Waals surface area contributed by atoms with Gasteiger partial charge in [-0.05, 0) is 27.2 Å². The molecule has 1 aliphatic rings. The number of aliphatic imine (C=N–C) groups is 1. The Morgan fingerprint density at radius 2 is 2.09 bits per heavy atom. The van der Waals surface area contributed by atoms with Crippen molar-refractivity contribution in [2.24, 2.45) is 16.3 Å². The fourth-order valence-corrected chi connectivity index (χ4v) is 2.37. The van der Waals surface area contributed by atoms with Crippen LogP contribution in [0.15, 0.2) is 4.99 Å². The molecule has 1 rings (SSSR count). The summed E-state index contributed by atoms with van der Waals surface area (Å²) in [4.78, 5) is 18.4. The molecule has 6 nitrogen and oxygen atoms in total. The summed E-state index contributed by atoms with van der Waals surface area (Å²) >= 11 is 0. The Balaban J connectivity index is 0.00000441. The zero-order valence-electron chi connectivity index (χ0n) is 14.4. The van der Waals surface area contributed by atoms with Crippen molar-refractivity contribution in [2.45, 2.75) is 27.2 Å². The molecule has 1 aliphatic heterocycles. The van der Waals surface area contributed by atoms with Crippen LogP contribution < -0.4 is 10.6 Å². The Labute approximate surface area is 151 Å². The molecular formula is C15H31IN4O2. The highest BCUT2D eigenvalue weighted by Gasteiger charge is 2.28. The molecule has 0 radical (unpaired) electrons. The average Bonchev–Trinajstić information content (AvgIpc) is 2.92. The molecule has 0 saturated carbocycles. The second-order valence-corrected chi connectivity index (χ2v) is 6.25. The molecule has 22 heavy (non-hydrogen) atoms. The molecule has 0 aromatic rings. The van der Waals surface area contributed by atoms with Gasteiger partial charge in [-0.25, -0.2) is 0 Å². The summed E-state index contributed by atoms with van der Waals surface area (Å²) in [7, 11) is 3.79. The molecule has 1 heterocycles. The molecule has 1 amide bonds. The number of halogens is 1. The van der Waals surface area contributed by atoms with Gasteiger partial charge in [0.15, 0.2) is 5.96 Å². The van der Waals surface area contributed by atoms with E-state index in [0.29, 0.717) is 19.0 Å². The number of hydrogen-bond donors (Lipinski definition) is 2. The van der Waals surface area contributed by atoms with Gasteiger partial charge >= 0.3 is 0 Å². The van der Waals surface area contributed by atoms with E-state index in [1.54, 1.807) is 7.05 Å². The number of ether oxygens (including phenoxy) is 1. The molecule has 2 N–H and O–H groups in total. The number of carbonyl (C=O) groups excluding carboxylic acids is 1. The predicted octanol–water partition coefficient (Wildman–Crippen LogP) is 1.31. The predicted molar refractivity (Wildman–Crippen MR) is 101 cm³/mol. The van der Waals surface area contributed by atoms with Gasteiger partial charge in [-0.1, -0.05) is 0 Å². The summed E-state index contributed by atoms with van der Waals surface area (Å²) in [6.07, 6.45) is 1.10. The third kappa shape index (κ3) is 6.68. The van der Waals surface area contributed by atoms with Crippen molar-refractivity contribution in [3.05, 3.63) is 0 Å². The lowest BCUT2D eigenvalue weighted by molar-refractivity contribution is -0.128. The fourth-order valence-electron chi connectivity index (χ4n) is 2.37. The highest BCUT2D eigenvalue weighted by Crippen LogP contribution is 2.15. The van der Waals surface area contributed by atoms with Crippen LogP contribution in [0.1, 0.15) is 27.2 Å². The summed E-state index contributed by atoms with van der Waals surface area (Å²) in [5.41, 5.74) is -0.469. The number of nitrogens with zero attached hydrogens (tertiary/aromatic N) is 2. The van der Waals surface area contributed by atoms with Crippen LogP contribution in [0, 0.1) is 11.3 Å². The Morgan fingerprint density at radius 1 is 1.41 bits per heavy atom. The second kappa shape index (κ2) is 10.3. The molecule has 1 atom stereocenters. The summed E-state index contributed by atoms with van der Waals surface area (Å²) < 4.78 is 5.40. The van der Waals surface area contributed by atoms with E-state index in [0.717, 1.165) is 32.1 Å². The number of guanidine groups is 1. The van der Waals surface area contributed by atoms with Gasteiger partial charge in [0.2, 0.25) is 5.91 Å². The van der Waals surface area contributed by atoms with Crippen LogP contribution >= 0.6 is 24.0 Å². The number of carbonyl (C=O) groups is 1. The maximum atomic E-state index is 12.0. The minimum Gasteiger partial charge on any atom is -0.381 e. The Morgan fingerprint density at radius 3 is 2.59 bits per heavy atom. The second-order valence-electron chi connectivity index (χ2n) is 6.25. The van der Waals surface area contributed by atoms with Crippen molar-refractivity contribution in [1.29, 1.82) is 0 Å². The van der Waals surface area contributed by atoms with E-state index in [4.69, 9.17) is 4.74 Å². The molecule has 1 saturated heterocycles. The normalized spacial score (nSPS) is 18.6. The van der Waals surface area contributed by atoms with Crippen LogP contribution in [0.4, 0.5) is 0 Å². The molecule has 1 unspecified atom stereocenters. The van der Waals surface area contributed by atoms with Crippen molar-refractivity contribution in [3.63, 3.8) is 0 Å². The molecule has 0 bridgehead atoms. The van der Waals surface area contributed by atoms with Crippen molar-refractivity contribution < 1.29 is 9.53 Å². The van der Waals surface area contributed by atoms with Crippen LogP contribution in [0.3, 0.4) is 0 Å². The highest BCUT2D eigenvalue weighted by atomic mass is 127. The maximum absolute atomic E-state index is 12.0. The van der Waals surface area contributed by atoms with Gasteiger partial charge in [0.05, 0.1) is 12.0 Å². The molecular weight excluding hydrogens is 395 g/mol. The first kappa shape index (κ1) is 21.4. The largest absolute Gasteiger partial charge is 0.381 e. The minimum absolute atomic E-state index is 0. The average molecular weight is 426 g/mol. The van der Waals surface area contributed by atoms with Crippen LogP contribution in [0.25, 0.3) is 0 Å². The standard InChI is InChI=1S/C15H30N4O2.HI/c1-6-17-13(20)15(2,3)11-18-14(16-4)19(5)9-12-7-8-21-10-12;/h12H,6-11H2,1-5H3,(H,16,18)(H,17,20);1H. The van der Waals surface area contributed by atoms with Gasteiger partial charge in [-0.3, -0.25) is 9.79 Å². The SMILES string of the molecule is CCNC(=O)C(C)(C)CNC(=NC)N(C)CC1CCOC1.I. The maximum Gasteiger partial charge on any atom is 0.227 e. The molecule has 0 aromatic heterocycles. The van der Waals surface area contributed by atoms with E-state index in [1.807, 2.05) is 27.8 Å². The first-order chi connectivity index (χ1) is 9.90. The monoisotopic (exact) mass is 426 g/mol. The summed E-state index contributed by atoms with van der Waals surface area (Å²) in [5, 5.41) is 6.16. The smallest absolute Gasteiger partial charge is 0.227 e. The molecule has 0 spiro atoms. The van der Waals surface area contributed by atoms with Gasteiger partial charge < -0.3 is 20.3 Å². The van der Waals surface area contributed by atoms with Gasteiger partial charge in [0.25, 0.3) is 0 Å². The molecule has 130 valence electrons. The lowest BCUT2D eigenvalue weighted by Crippen LogP contribution is -2.49. The summed E-state index contributed by atoms with van der Waals surface area (Å²) in [5.74, 6) is 1.43. The van der Waals surface area contributed by atoms with E-state index in [2.05, 4.69) is 20.5 Å². The Bertz CT molecular complexity index is 369. The number of rotatable bonds is 6. The van der Waals surface area contributed by atoms with Crippen molar-refractivity contribution >= 4 is 35.8 Å². The third-order valence-electron chi connectivity index (χ3n) is 3.77. The Kier molecular flexibility index (Phi) is 9.99. The highest BCUT2D eigenvalue weighted by molar-refractivity contribution is 14.0. The van der Waals surface area contributed by atoms with Gasteiger partial charge in [-0.2, -0.15) is 0 Å². The minimum atomic E-state index is -0.469. The van der Waals surface area contributed by atoms with E-state index in [9.17, 15) is 4.79 Å². The van der Waals surface area contributed by atoms with E-state index in [1.165, 1.54) is 0 Å². The van der Waals surface area contributed by atoms with Gasteiger partial charge in [0.1, 0.15) is 0 Å². The molecule has 1 fully saturated rings. The van der Waals surface area contributed by atoms with Crippen molar-refractivity contribution in [1.82, 2.24) is 15.5 Å². The van der Waals surface area contributed by atoms with E-state index in [-0.39, 0.29) is 29.9 Å². The first-order valence-electron chi connectivity index (χ1n) is 7.68. The Hall–Kier alpha value is -0.570.